The molecule has 0 spiro atoms. The number of aryl methyl sites for hydroxylation is 2. The zero-order valence-corrected chi connectivity index (χ0v) is 12.3. The minimum absolute atomic E-state index is 0.390. The van der Waals surface area contributed by atoms with Crippen LogP contribution < -0.4 is 4.74 Å². The molecule has 1 aromatic heterocycles. The highest BCUT2D eigenvalue weighted by Crippen LogP contribution is 2.22. The maximum absolute atomic E-state index is 9.71. The molecule has 0 aliphatic heterocycles. The lowest BCUT2D eigenvalue weighted by atomic mass is 10.1. The molecule has 0 saturated carbocycles. The van der Waals surface area contributed by atoms with E-state index in [0.29, 0.717) is 6.61 Å². The number of aliphatic hydroxyl groups excluding tert-OH is 1. The van der Waals surface area contributed by atoms with Crippen molar-refractivity contribution in [2.45, 2.75) is 39.9 Å². The number of aliphatic hydroxyl groups is 1. The molecule has 0 aliphatic rings. The zero-order valence-electron chi connectivity index (χ0n) is 11.5. The second kappa shape index (κ2) is 6.17. The normalized spacial score (nSPS) is 12.4. The lowest BCUT2D eigenvalue weighted by Gasteiger charge is -2.09. The van der Waals surface area contributed by atoms with Gasteiger partial charge in [0.1, 0.15) is 17.4 Å². The first-order chi connectivity index (χ1) is 9.10. The summed E-state index contributed by atoms with van der Waals surface area (Å²) in [6, 6.07) is 7.59. The first-order valence-electron chi connectivity index (χ1n) is 6.44. The molecule has 2 rings (SSSR count). The number of thiazole rings is 1. The van der Waals surface area contributed by atoms with Gasteiger partial charge in [0.25, 0.3) is 0 Å². The summed E-state index contributed by atoms with van der Waals surface area (Å²) in [6.07, 6.45) is 0.330. The van der Waals surface area contributed by atoms with E-state index in [1.807, 2.05) is 38.1 Å². The van der Waals surface area contributed by atoms with Crippen LogP contribution in [-0.2, 0) is 6.61 Å². The van der Waals surface area contributed by atoms with Crippen LogP contribution in [-0.4, -0.2) is 10.1 Å². The predicted molar refractivity (Wildman–Crippen MR) is 77.6 cm³/mol. The van der Waals surface area contributed by atoms with Crippen LogP contribution in [0.4, 0.5) is 0 Å². The van der Waals surface area contributed by atoms with Crippen molar-refractivity contribution in [1.82, 2.24) is 4.98 Å². The summed E-state index contributed by atoms with van der Waals surface area (Å²) in [6.45, 7) is 6.53. The Morgan fingerprint density at radius 3 is 2.47 bits per heavy atom. The molecule has 3 nitrogen and oxygen atoms in total. The summed E-state index contributed by atoms with van der Waals surface area (Å²) in [5, 5.41) is 10.7. The van der Waals surface area contributed by atoms with Gasteiger partial charge in [-0.25, -0.2) is 4.98 Å². The Kier molecular flexibility index (Phi) is 4.56. The van der Waals surface area contributed by atoms with Crippen LogP contribution in [0.15, 0.2) is 24.3 Å². The lowest BCUT2D eigenvalue weighted by molar-refractivity contribution is 0.173. The number of nitrogens with zero attached hydrogens (tertiary/aromatic N) is 1. The molecule has 2 aromatic rings. The van der Waals surface area contributed by atoms with Crippen LogP contribution in [0.5, 0.6) is 5.75 Å². The number of aromatic nitrogens is 1. The van der Waals surface area contributed by atoms with Gasteiger partial charge in [0, 0.05) is 4.88 Å². The van der Waals surface area contributed by atoms with E-state index in [2.05, 4.69) is 11.9 Å². The standard InChI is InChI=1S/C15H19NO2S/c1-4-14(17)12-5-7-13(8-6-12)18-9-15-16-10(2)11(3)19-15/h5-8,14,17H,4,9H2,1-3H3/t14-/m0/s1. The van der Waals surface area contributed by atoms with Gasteiger partial charge in [0.05, 0.1) is 11.8 Å². The maximum Gasteiger partial charge on any atom is 0.140 e. The molecule has 0 unspecified atom stereocenters. The Labute approximate surface area is 117 Å². The van der Waals surface area contributed by atoms with Crippen LogP contribution in [0.2, 0.25) is 0 Å². The number of hydrogen-bond donors (Lipinski definition) is 1. The average Bonchev–Trinajstić information content (AvgIpc) is 2.75. The van der Waals surface area contributed by atoms with Gasteiger partial charge in [0.2, 0.25) is 0 Å². The number of ether oxygens (including phenoxy) is 1. The number of benzene rings is 1. The van der Waals surface area contributed by atoms with Crippen LogP contribution in [0.3, 0.4) is 0 Å². The molecule has 1 N–H and O–H groups in total. The van der Waals surface area contributed by atoms with Crippen molar-refractivity contribution in [2.24, 2.45) is 0 Å². The van der Waals surface area contributed by atoms with E-state index in [4.69, 9.17) is 4.74 Å². The molecule has 1 aromatic carbocycles. The summed E-state index contributed by atoms with van der Waals surface area (Å²) in [5.41, 5.74) is 2.00. The summed E-state index contributed by atoms with van der Waals surface area (Å²) < 4.78 is 5.70. The largest absolute Gasteiger partial charge is 0.486 e. The van der Waals surface area contributed by atoms with Crippen LogP contribution in [0.25, 0.3) is 0 Å². The van der Waals surface area contributed by atoms with E-state index in [9.17, 15) is 5.11 Å². The zero-order chi connectivity index (χ0) is 13.8. The topological polar surface area (TPSA) is 42.4 Å². The monoisotopic (exact) mass is 277 g/mol. The van der Waals surface area contributed by atoms with Gasteiger partial charge in [-0.05, 0) is 38.0 Å². The van der Waals surface area contributed by atoms with Gasteiger partial charge in [0.15, 0.2) is 0 Å². The molecule has 1 heterocycles. The molecule has 102 valence electrons. The van der Waals surface area contributed by atoms with E-state index < -0.39 is 6.10 Å². The van der Waals surface area contributed by atoms with Gasteiger partial charge in [-0.2, -0.15) is 0 Å². The maximum atomic E-state index is 9.71. The third-order valence-corrected chi connectivity index (χ3v) is 4.13. The van der Waals surface area contributed by atoms with Crippen molar-refractivity contribution in [3.05, 3.63) is 45.4 Å². The highest BCUT2D eigenvalue weighted by molar-refractivity contribution is 7.11. The Bertz CT molecular complexity index is 514. The smallest absolute Gasteiger partial charge is 0.140 e. The van der Waals surface area contributed by atoms with Gasteiger partial charge >= 0.3 is 0 Å². The Morgan fingerprint density at radius 1 is 1.26 bits per heavy atom. The Balaban J connectivity index is 1.96. The lowest BCUT2D eigenvalue weighted by Crippen LogP contribution is -1.97. The van der Waals surface area contributed by atoms with Crippen molar-refractivity contribution in [3.8, 4) is 5.75 Å². The van der Waals surface area contributed by atoms with Crippen molar-refractivity contribution in [2.75, 3.05) is 0 Å². The third kappa shape index (κ3) is 3.55. The minimum atomic E-state index is -0.390. The van der Waals surface area contributed by atoms with Gasteiger partial charge in [-0.1, -0.05) is 19.1 Å². The molecular weight excluding hydrogens is 258 g/mol. The first-order valence-corrected chi connectivity index (χ1v) is 7.25. The first kappa shape index (κ1) is 14.0. The Hall–Kier alpha value is -1.39. The highest BCUT2D eigenvalue weighted by Gasteiger charge is 2.06. The fourth-order valence-electron chi connectivity index (χ4n) is 1.77. The summed E-state index contributed by atoms with van der Waals surface area (Å²) in [5.74, 6) is 0.803. The van der Waals surface area contributed by atoms with Gasteiger partial charge in [-0.15, -0.1) is 11.3 Å². The molecule has 1 atom stereocenters. The van der Waals surface area contributed by atoms with Crippen molar-refractivity contribution in [1.29, 1.82) is 0 Å². The highest BCUT2D eigenvalue weighted by atomic mass is 32.1. The quantitative estimate of drug-likeness (QED) is 0.904. The van der Waals surface area contributed by atoms with E-state index >= 15 is 0 Å². The second-order valence-electron chi connectivity index (χ2n) is 4.53. The predicted octanol–water partition coefficient (Wildman–Crippen LogP) is 3.78. The molecule has 0 saturated heterocycles. The van der Waals surface area contributed by atoms with Crippen LogP contribution >= 0.6 is 11.3 Å². The molecule has 0 amide bonds. The van der Waals surface area contributed by atoms with Crippen molar-refractivity contribution < 1.29 is 9.84 Å². The summed E-state index contributed by atoms with van der Waals surface area (Å²) >= 11 is 1.67. The molecular formula is C15H19NO2S. The van der Waals surface area contributed by atoms with Crippen LogP contribution in [0.1, 0.15) is 40.6 Å². The van der Waals surface area contributed by atoms with Gasteiger partial charge < -0.3 is 9.84 Å². The SMILES string of the molecule is CC[C@H](O)c1ccc(OCc2nc(C)c(C)s2)cc1. The fourth-order valence-corrected chi connectivity index (χ4v) is 2.62. The molecule has 19 heavy (non-hydrogen) atoms. The molecule has 0 radical (unpaired) electrons. The third-order valence-electron chi connectivity index (χ3n) is 3.09. The summed E-state index contributed by atoms with van der Waals surface area (Å²) in [7, 11) is 0. The number of hydrogen-bond acceptors (Lipinski definition) is 4. The van der Waals surface area contributed by atoms with Crippen LogP contribution in [0, 0.1) is 13.8 Å². The van der Waals surface area contributed by atoms with E-state index in [0.717, 1.165) is 28.4 Å². The van der Waals surface area contributed by atoms with E-state index in [1.165, 1.54) is 4.88 Å². The van der Waals surface area contributed by atoms with Crippen molar-refractivity contribution >= 4 is 11.3 Å². The molecule has 4 heteroatoms. The minimum Gasteiger partial charge on any atom is -0.486 e. The fraction of sp³-hybridized carbons (Fsp3) is 0.400. The van der Waals surface area contributed by atoms with Gasteiger partial charge in [-0.3, -0.25) is 0 Å². The molecule has 0 fully saturated rings. The van der Waals surface area contributed by atoms with E-state index in [-0.39, 0.29) is 0 Å². The average molecular weight is 277 g/mol. The van der Waals surface area contributed by atoms with Crippen molar-refractivity contribution in [3.63, 3.8) is 0 Å². The Morgan fingerprint density at radius 2 is 1.95 bits per heavy atom. The molecule has 0 bridgehead atoms. The summed E-state index contributed by atoms with van der Waals surface area (Å²) in [4.78, 5) is 5.67. The van der Waals surface area contributed by atoms with E-state index in [1.54, 1.807) is 11.3 Å². The molecule has 0 aliphatic carbocycles. The second-order valence-corrected chi connectivity index (χ2v) is 5.82. The number of rotatable bonds is 5.